The summed E-state index contributed by atoms with van der Waals surface area (Å²) in [6.45, 7) is 4.43. The van der Waals surface area contributed by atoms with Crippen molar-refractivity contribution in [2.75, 3.05) is 4.90 Å². The Kier molecular flexibility index (Phi) is 6.80. The molecule has 148 valence electrons. The number of para-hydroxylation sites is 1. The Morgan fingerprint density at radius 2 is 1.48 bits per heavy atom. The number of nitrogens with zero attached hydrogens (tertiary/aromatic N) is 1. The Hall–Kier alpha value is -3.40. The second-order valence-electron chi connectivity index (χ2n) is 7.08. The van der Waals surface area contributed by atoms with Crippen LogP contribution in [0.25, 0.3) is 0 Å². The molecule has 3 aromatic rings. The molecule has 1 unspecified atom stereocenters. The van der Waals surface area contributed by atoms with Gasteiger partial charge in [0, 0.05) is 22.9 Å². The third kappa shape index (κ3) is 5.32. The first-order valence-corrected chi connectivity index (χ1v) is 9.90. The summed E-state index contributed by atoms with van der Waals surface area (Å²) in [7, 11) is 0. The van der Waals surface area contributed by atoms with E-state index < -0.39 is 0 Å². The van der Waals surface area contributed by atoms with Crippen LogP contribution in [0, 0.1) is 0 Å². The van der Waals surface area contributed by atoms with Gasteiger partial charge in [0.05, 0.1) is 6.54 Å². The van der Waals surface area contributed by atoms with Gasteiger partial charge in [0.1, 0.15) is 0 Å². The zero-order valence-electron chi connectivity index (χ0n) is 16.8. The van der Waals surface area contributed by atoms with E-state index in [4.69, 9.17) is 0 Å². The molecule has 1 atom stereocenters. The lowest BCUT2D eigenvalue weighted by Crippen LogP contribution is -2.33. The molecular weight excluding hydrogens is 360 g/mol. The fraction of sp³-hybridized carbons (Fsp3) is 0.200. The van der Waals surface area contributed by atoms with Crippen molar-refractivity contribution in [3.63, 3.8) is 0 Å². The average Bonchev–Trinajstić information content (AvgIpc) is 2.78. The number of amides is 2. The zero-order chi connectivity index (χ0) is 20.6. The van der Waals surface area contributed by atoms with Crippen molar-refractivity contribution in [2.45, 2.75) is 32.9 Å². The fourth-order valence-electron chi connectivity index (χ4n) is 3.01. The number of hydrogen-bond acceptors (Lipinski definition) is 2. The Morgan fingerprint density at radius 1 is 0.862 bits per heavy atom. The minimum atomic E-state index is -0.164. The number of benzene rings is 3. The molecule has 0 saturated carbocycles. The van der Waals surface area contributed by atoms with Crippen LogP contribution in [0.5, 0.6) is 0 Å². The van der Waals surface area contributed by atoms with Crippen LogP contribution < -0.4 is 10.2 Å². The van der Waals surface area contributed by atoms with Gasteiger partial charge in [-0.3, -0.25) is 9.59 Å². The highest BCUT2D eigenvalue weighted by molar-refractivity contribution is 6.07. The van der Waals surface area contributed by atoms with Crippen molar-refractivity contribution in [3.8, 4) is 0 Å². The normalized spacial score (nSPS) is 11.5. The van der Waals surface area contributed by atoms with Crippen LogP contribution in [-0.4, -0.2) is 17.9 Å². The largest absolute Gasteiger partial charge is 0.350 e. The summed E-state index contributed by atoms with van der Waals surface area (Å²) in [6, 6.07) is 26.5. The van der Waals surface area contributed by atoms with Gasteiger partial charge < -0.3 is 10.2 Å². The highest BCUT2D eigenvalue weighted by Crippen LogP contribution is 2.20. The monoisotopic (exact) mass is 386 g/mol. The van der Waals surface area contributed by atoms with Gasteiger partial charge >= 0.3 is 0 Å². The summed E-state index contributed by atoms with van der Waals surface area (Å²) >= 11 is 0. The van der Waals surface area contributed by atoms with E-state index in [0.717, 1.165) is 17.7 Å². The van der Waals surface area contributed by atoms with Crippen molar-refractivity contribution in [3.05, 3.63) is 102 Å². The number of carbonyl (C=O) groups excluding carboxylic acids is 2. The van der Waals surface area contributed by atoms with Crippen molar-refractivity contribution in [1.29, 1.82) is 0 Å². The lowest BCUT2D eigenvalue weighted by molar-refractivity contribution is 0.0939. The lowest BCUT2D eigenvalue weighted by atomic mass is 10.1. The molecule has 0 aliphatic rings. The molecule has 0 spiro atoms. The minimum absolute atomic E-state index is 0.0840. The van der Waals surface area contributed by atoms with E-state index in [1.54, 1.807) is 29.2 Å². The third-order valence-corrected chi connectivity index (χ3v) is 4.86. The SMILES string of the molecule is CCC(C)NC(=O)c1cccc(C(=O)N(Cc2ccccc2)c2ccccc2)c1. The van der Waals surface area contributed by atoms with Gasteiger partial charge in [-0.25, -0.2) is 0 Å². The van der Waals surface area contributed by atoms with Crippen LogP contribution in [0.15, 0.2) is 84.9 Å². The first-order valence-electron chi connectivity index (χ1n) is 9.90. The standard InChI is InChI=1S/C25H26N2O2/c1-3-19(2)26-24(28)21-13-10-14-22(17-21)25(29)27(23-15-8-5-9-16-23)18-20-11-6-4-7-12-20/h4-17,19H,3,18H2,1-2H3,(H,26,28). The third-order valence-electron chi connectivity index (χ3n) is 4.86. The summed E-state index contributed by atoms with van der Waals surface area (Å²) < 4.78 is 0. The summed E-state index contributed by atoms with van der Waals surface area (Å²) in [4.78, 5) is 27.6. The molecule has 29 heavy (non-hydrogen) atoms. The van der Waals surface area contributed by atoms with Crippen LogP contribution >= 0.6 is 0 Å². The minimum Gasteiger partial charge on any atom is -0.350 e. The molecule has 0 aliphatic heterocycles. The molecule has 0 heterocycles. The first-order chi connectivity index (χ1) is 14.1. The van der Waals surface area contributed by atoms with Gasteiger partial charge in [-0.15, -0.1) is 0 Å². The molecule has 0 saturated heterocycles. The quantitative estimate of drug-likeness (QED) is 0.617. The van der Waals surface area contributed by atoms with Crippen LogP contribution in [0.2, 0.25) is 0 Å². The number of carbonyl (C=O) groups is 2. The maximum absolute atomic E-state index is 13.4. The maximum atomic E-state index is 13.4. The average molecular weight is 386 g/mol. The topological polar surface area (TPSA) is 49.4 Å². The Labute approximate surface area is 172 Å². The molecule has 4 nitrogen and oxygen atoms in total. The van der Waals surface area contributed by atoms with Gasteiger partial charge in [-0.2, -0.15) is 0 Å². The van der Waals surface area contributed by atoms with Crippen molar-refractivity contribution in [1.82, 2.24) is 5.32 Å². The Morgan fingerprint density at radius 3 is 2.14 bits per heavy atom. The molecule has 0 aliphatic carbocycles. The smallest absolute Gasteiger partial charge is 0.258 e. The number of nitrogens with one attached hydrogen (secondary N) is 1. The highest BCUT2D eigenvalue weighted by Gasteiger charge is 2.19. The summed E-state index contributed by atoms with van der Waals surface area (Å²) in [6.07, 6.45) is 0.850. The molecular formula is C25H26N2O2. The van der Waals surface area contributed by atoms with Crippen molar-refractivity contribution >= 4 is 17.5 Å². The van der Waals surface area contributed by atoms with E-state index in [0.29, 0.717) is 17.7 Å². The second kappa shape index (κ2) is 9.69. The maximum Gasteiger partial charge on any atom is 0.258 e. The Balaban J connectivity index is 1.90. The van der Waals surface area contributed by atoms with Gasteiger partial charge in [0.15, 0.2) is 0 Å². The van der Waals surface area contributed by atoms with Gasteiger partial charge in [-0.05, 0) is 49.2 Å². The van der Waals surface area contributed by atoms with Crippen LogP contribution in [0.4, 0.5) is 5.69 Å². The summed E-state index contributed by atoms with van der Waals surface area (Å²) in [5, 5.41) is 2.95. The second-order valence-corrected chi connectivity index (χ2v) is 7.08. The zero-order valence-corrected chi connectivity index (χ0v) is 16.8. The fourth-order valence-corrected chi connectivity index (χ4v) is 3.01. The molecule has 1 N–H and O–H groups in total. The summed E-state index contributed by atoms with van der Waals surface area (Å²) in [5.74, 6) is -0.304. The van der Waals surface area contributed by atoms with Gasteiger partial charge in [-0.1, -0.05) is 61.5 Å². The molecule has 0 radical (unpaired) electrons. The highest BCUT2D eigenvalue weighted by atomic mass is 16.2. The molecule has 3 rings (SSSR count). The van der Waals surface area contributed by atoms with E-state index in [-0.39, 0.29) is 17.9 Å². The summed E-state index contributed by atoms with van der Waals surface area (Å²) in [5.41, 5.74) is 2.83. The molecule has 4 heteroatoms. The van der Waals surface area contributed by atoms with Gasteiger partial charge in [0.2, 0.25) is 0 Å². The predicted octanol–water partition coefficient (Wildman–Crippen LogP) is 5.06. The van der Waals surface area contributed by atoms with Crippen molar-refractivity contribution < 1.29 is 9.59 Å². The lowest BCUT2D eigenvalue weighted by Gasteiger charge is -2.23. The molecule has 0 aromatic heterocycles. The van der Waals surface area contributed by atoms with E-state index in [2.05, 4.69) is 5.32 Å². The number of hydrogen-bond donors (Lipinski definition) is 1. The van der Waals surface area contributed by atoms with E-state index in [9.17, 15) is 9.59 Å². The number of anilines is 1. The Bertz CT molecular complexity index is 955. The van der Waals surface area contributed by atoms with E-state index in [1.165, 1.54) is 0 Å². The predicted molar refractivity (Wildman–Crippen MR) is 117 cm³/mol. The molecule has 0 bridgehead atoms. The molecule has 2 amide bonds. The van der Waals surface area contributed by atoms with E-state index >= 15 is 0 Å². The van der Waals surface area contributed by atoms with E-state index in [1.807, 2.05) is 74.5 Å². The molecule has 3 aromatic carbocycles. The van der Waals surface area contributed by atoms with Crippen molar-refractivity contribution in [2.24, 2.45) is 0 Å². The number of rotatable bonds is 7. The van der Waals surface area contributed by atoms with Crippen LogP contribution in [-0.2, 0) is 6.54 Å². The van der Waals surface area contributed by atoms with Crippen LogP contribution in [0.1, 0.15) is 46.5 Å². The van der Waals surface area contributed by atoms with Gasteiger partial charge in [0.25, 0.3) is 11.8 Å². The molecule has 0 fully saturated rings. The van der Waals surface area contributed by atoms with Crippen LogP contribution in [0.3, 0.4) is 0 Å². The first kappa shape index (κ1) is 20.3.